The first-order valence-electron chi connectivity index (χ1n) is 3.67. The van der Waals surface area contributed by atoms with Gasteiger partial charge in [-0.2, -0.15) is 0 Å². The van der Waals surface area contributed by atoms with Crippen LogP contribution in [0.2, 0.25) is 0 Å². The number of alkyl halides is 1. The van der Waals surface area contributed by atoms with Gasteiger partial charge in [0.2, 0.25) is 0 Å². The lowest BCUT2D eigenvalue weighted by Crippen LogP contribution is -2.22. The van der Waals surface area contributed by atoms with Gasteiger partial charge in [0.05, 0.1) is 9.82 Å². The maximum atomic E-state index is 5.47. The Bertz CT molecular complexity index is 260. The SMILES string of the molecule is NC(=S)C(Br)Cc1ccccc1. The minimum Gasteiger partial charge on any atom is -0.392 e. The van der Waals surface area contributed by atoms with Gasteiger partial charge in [-0.15, -0.1) is 0 Å². The third-order valence-corrected chi connectivity index (χ3v) is 2.97. The molecule has 0 saturated heterocycles. The second kappa shape index (κ2) is 4.58. The van der Waals surface area contributed by atoms with Crippen LogP contribution in [-0.4, -0.2) is 9.82 Å². The van der Waals surface area contributed by atoms with E-state index < -0.39 is 0 Å². The first-order chi connectivity index (χ1) is 5.70. The lowest BCUT2D eigenvalue weighted by atomic mass is 10.1. The highest BCUT2D eigenvalue weighted by Crippen LogP contribution is 2.09. The number of rotatable bonds is 3. The average molecular weight is 244 g/mol. The largest absolute Gasteiger partial charge is 0.392 e. The highest BCUT2D eigenvalue weighted by Gasteiger charge is 2.06. The fraction of sp³-hybridized carbons (Fsp3) is 0.222. The second-order valence-corrected chi connectivity index (χ2v) is 4.14. The quantitative estimate of drug-likeness (QED) is 0.652. The molecule has 1 unspecified atom stereocenters. The van der Waals surface area contributed by atoms with Crippen LogP contribution in [0.15, 0.2) is 30.3 Å². The van der Waals surface area contributed by atoms with Crippen molar-refractivity contribution in [1.82, 2.24) is 0 Å². The molecule has 0 aromatic heterocycles. The number of hydrogen-bond acceptors (Lipinski definition) is 1. The van der Waals surface area contributed by atoms with E-state index in [0.29, 0.717) is 4.99 Å². The maximum absolute atomic E-state index is 5.47. The fourth-order valence-electron chi connectivity index (χ4n) is 0.922. The van der Waals surface area contributed by atoms with Crippen LogP contribution in [0.4, 0.5) is 0 Å². The summed E-state index contributed by atoms with van der Waals surface area (Å²) in [5, 5.41) is 0. The lowest BCUT2D eigenvalue weighted by Gasteiger charge is -2.06. The van der Waals surface area contributed by atoms with Crippen LogP contribution in [0, 0.1) is 0 Å². The van der Waals surface area contributed by atoms with Crippen LogP contribution in [0.25, 0.3) is 0 Å². The van der Waals surface area contributed by atoms with E-state index in [1.54, 1.807) is 0 Å². The van der Waals surface area contributed by atoms with Crippen LogP contribution in [0.3, 0.4) is 0 Å². The molecule has 0 spiro atoms. The molecule has 0 saturated carbocycles. The molecule has 2 N–H and O–H groups in total. The molecule has 1 atom stereocenters. The van der Waals surface area contributed by atoms with Crippen molar-refractivity contribution in [3.63, 3.8) is 0 Å². The van der Waals surface area contributed by atoms with Crippen LogP contribution in [0.5, 0.6) is 0 Å². The van der Waals surface area contributed by atoms with E-state index >= 15 is 0 Å². The summed E-state index contributed by atoms with van der Waals surface area (Å²) in [5.41, 5.74) is 6.71. The monoisotopic (exact) mass is 243 g/mol. The smallest absolute Gasteiger partial charge is 0.0869 e. The van der Waals surface area contributed by atoms with E-state index in [1.807, 2.05) is 18.2 Å². The van der Waals surface area contributed by atoms with Crippen molar-refractivity contribution < 1.29 is 0 Å². The van der Waals surface area contributed by atoms with Gasteiger partial charge in [-0.05, 0) is 12.0 Å². The van der Waals surface area contributed by atoms with Crippen molar-refractivity contribution in [1.29, 1.82) is 0 Å². The first kappa shape index (κ1) is 9.68. The van der Waals surface area contributed by atoms with Crippen molar-refractivity contribution in [2.24, 2.45) is 5.73 Å². The molecule has 0 fully saturated rings. The van der Waals surface area contributed by atoms with Crippen LogP contribution < -0.4 is 5.73 Å². The van der Waals surface area contributed by atoms with Gasteiger partial charge in [-0.25, -0.2) is 0 Å². The van der Waals surface area contributed by atoms with Gasteiger partial charge >= 0.3 is 0 Å². The average Bonchev–Trinajstić information content (AvgIpc) is 2.06. The van der Waals surface area contributed by atoms with E-state index in [9.17, 15) is 0 Å². The molecule has 0 aliphatic rings. The number of thiocarbonyl (C=S) groups is 1. The van der Waals surface area contributed by atoms with Gasteiger partial charge < -0.3 is 5.73 Å². The predicted molar refractivity (Wildman–Crippen MR) is 59.6 cm³/mol. The van der Waals surface area contributed by atoms with Gasteiger partial charge in [0.1, 0.15) is 0 Å². The minimum atomic E-state index is 0.106. The zero-order valence-corrected chi connectivity index (χ0v) is 8.94. The number of benzene rings is 1. The van der Waals surface area contributed by atoms with E-state index in [-0.39, 0.29) is 4.83 Å². The minimum absolute atomic E-state index is 0.106. The van der Waals surface area contributed by atoms with Crippen molar-refractivity contribution >= 4 is 33.1 Å². The summed E-state index contributed by atoms with van der Waals surface area (Å²) in [5.74, 6) is 0. The summed E-state index contributed by atoms with van der Waals surface area (Å²) in [6, 6.07) is 10.1. The van der Waals surface area contributed by atoms with Crippen molar-refractivity contribution in [2.45, 2.75) is 11.2 Å². The summed E-state index contributed by atoms with van der Waals surface area (Å²) in [7, 11) is 0. The van der Waals surface area contributed by atoms with E-state index in [2.05, 4.69) is 28.1 Å². The maximum Gasteiger partial charge on any atom is 0.0869 e. The Balaban J connectivity index is 2.58. The Morgan fingerprint density at radius 2 is 2.00 bits per heavy atom. The van der Waals surface area contributed by atoms with E-state index in [4.69, 9.17) is 18.0 Å². The Morgan fingerprint density at radius 1 is 1.42 bits per heavy atom. The summed E-state index contributed by atoms with van der Waals surface area (Å²) >= 11 is 8.26. The van der Waals surface area contributed by atoms with E-state index in [0.717, 1.165) is 6.42 Å². The molecular formula is C9H10BrNS. The Hall–Kier alpha value is -0.410. The zero-order valence-electron chi connectivity index (χ0n) is 6.53. The summed E-state index contributed by atoms with van der Waals surface area (Å²) in [6.45, 7) is 0. The Labute approximate surface area is 86.1 Å². The van der Waals surface area contributed by atoms with Gasteiger partial charge in [-0.3, -0.25) is 0 Å². The van der Waals surface area contributed by atoms with Crippen LogP contribution in [-0.2, 0) is 6.42 Å². The van der Waals surface area contributed by atoms with E-state index in [1.165, 1.54) is 5.56 Å². The van der Waals surface area contributed by atoms with Gasteiger partial charge in [0.25, 0.3) is 0 Å². The molecule has 1 aromatic rings. The zero-order chi connectivity index (χ0) is 8.97. The fourth-order valence-corrected chi connectivity index (χ4v) is 1.38. The van der Waals surface area contributed by atoms with Gasteiger partial charge in [-0.1, -0.05) is 58.5 Å². The molecule has 0 aliphatic carbocycles. The second-order valence-electron chi connectivity index (χ2n) is 2.56. The summed E-state index contributed by atoms with van der Waals surface area (Å²) < 4.78 is 0. The molecule has 1 nitrogen and oxygen atoms in total. The molecule has 0 heterocycles. The molecule has 1 rings (SSSR count). The highest BCUT2D eigenvalue weighted by molar-refractivity contribution is 9.10. The summed E-state index contributed by atoms with van der Waals surface area (Å²) in [4.78, 5) is 0.619. The lowest BCUT2D eigenvalue weighted by molar-refractivity contribution is 1.07. The van der Waals surface area contributed by atoms with Crippen LogP contribution >= 0.6 is 28.1 Å². The number of halogens is 1. The highest BCUT2D eigenvalue weighted by atomic mass is 79.9. The molecular weight excluding hydrogens is 234 g/mol. The summed E-state index contributed by atoms with van der Waals surface area (Å²) in [6.07, 6.45) is 0.857. The number of nitrogens with two attached hydrogens (primary N) is 1. The molecule has 0 aliphatic heterocycles. The Kier molecular flexibility index (Phi) is 3.69. The van der Waals surface area contributed by atoms with Crippen molar-refractivity contribution in [2.75, 3.05) is 0 Å². The third-order valence-electron chi connectivity index (χ3n) is 1.57. The van der Waals surface area contributed by atoms with Gasteiger partial charge in [0.15, 0.2) is 0 Å². The Morgan fingerprint density at radius 3 is 2.50 bits per heavy atom. The molecule has 1 aromatic carbocycles. The van der Waals surface area contributed by atoms with Crippen LogP contribution in [0.1, 0.15) is 5.56 Å². The molecule has 0 amide bonds. The standard InChI is InChI=1S/C9H10BrNS/c10-8(9(11)12)6-7-4-2-1-3-5-7/h1-5,8H,6H2,(H2,11,12). The normalized spacial score (nSPS) is 12.4. The first-order valence-corrected chi connectivity index (χ1v) is 5.00. The molecule has 0 radical (unpaired) electrons. The molecule has 64 valence electrons. The predicted octanol–water partition coefficient (Wildman–Crippen LogP) is 2.28. The molecule has 12 heavy (non-hydrogen) atoms. The molecule has 3 heteroatoms. The van der Waals surface area contributed by atoms with Gasteiger partial charge in [0, 0.05) is 0 Å². The van der Waals surface area contributed by atoms with Crippen molar-refractivity contribution in [3.8, 4) is 0 Å². The topological polar surface area (TPSA) is 26.0 Å². The number of hydrogen-bond donors (Lipinski definition) is 1. The van der Waals surface area contributed by atoms with Crippen molar-refractivity contribution in [3.05, 3.63) is 35.9 Å². The molecule has 0 bridgehead atoms. The third kappa shape index (κ3) is 2.91.